The summed E-state index contributed by atoms with van der Waals surface area (Å²) in [6.45, 7) is 3.24. The van der Waals surface area contributed by atoms with Gasteiger partial charge in [0.1, 0.15) is 12.4 Å². The van der Waals surface area contributed by atoms with E-state index >= 15 is 0 Å². The van der Waals surface area contributed by atoms with Gasteiger partial charge in [-0.15, -0.1) is 0 Å². The summed E-state index contributed by atoms with van der Waals surface area (Å²) in [5.41, 5.74) is 0.111. The van der Waals surface area contributed by atoms with E-state index in [1.165, 1.54) is 18.2 Å². The number of ether oxygens (including phenoxy) is 1. The molecule has 0 unspecified atom stereocenters. The highest BCUT2D eigenvalue weighted by Gasteiger charge is 2.29. The standard InChI is InChI=1S/C18H23FN2O4/c1-12-5-3-6-13(2)21(12)16(22)11-25-17(23)10-20-18(24)14-7-4-8-15(19)9-14/h4,7-9,12-13H,3,5-6,10-11H2,1-2H3,(H,20,24)/t12-,13+. The van der Waals surface area contributed by atoms with Crippen molar-refractivity contribution in [2.24, 2.45) is 0 Å². The first-order valence-electron chi connectivity index (χ1n) is 8.39. The van der Waals surface area contributed by atoms with Gasteiger partial charge in [-0.2, -0.15) is 0 Å². The lowest BCUT2D eigenvalue weighted by molar-refractivity contribution is -0.154. The van der Waals surface area contributed by atoms with Gasteiger partial charge in [0.25, 0.3) is 11.8 Å². The number of likely N-dealkylation sites (tertiary alicyclic amines) is 1. The van der Waals surface area contributed by atoms with Gasteiger partial charge in [-0.1, -0.05) is 6.07 Å². The first-order chi connectivity index (χ1) is 11.9. The highest BCUT2D eigenvalue weighted by atomic mass is 19.1. The Balaban J connectivity index is 1.76. The van der Waals surface area contributed by atoms with Crippen LogP contribution >= 0.6 is 0 Å². The van der Waals surface area contributed by atoms with Crippen molar-refractivity contribution in [1.29, 1.82) is 0 Å². The summed E-state index contributed by atoms with van der Waals surface area (Å²) in [5, 5.41) is 2.34. The maximum Gasteiger partial charge on any atom is 0.325 e. The van der Waals surface area contributed by atoms with Crippen molar-refractivity contribution in [3.8, 4) is 0 Å². The third-order valence-electron chi connectivity index (χ3n) is 4.32. The summed E-state index contributed by atoms with van der Waals surface area (Å²) in [7, 11) is 0. The van der Waals surface area contributed by atoms with E-state index in [0.717, 1.165) is 25.3 Å². The van der Waals surface area contributed by atoms with E-state index in [9.17, 15) is 18.8 Å². The third-order valence-corrected chi connectivity index (χ3v) is 4.32. The van der Waals surface area contributed by atoms with Crippen LogP contribution in [0.25, 0.3) is 0 Å². The summed E-state index contributed by atoms with van der Waals surface area (Å²) in [4.78, 5) is 37.5. The van der Waals surface area contributed by atoms with E-state index in [1.54, 1.807) is 4.90 Å². The Morgan fingerprint density at radius 1 is 1.24 bits per heavy atom. The number of hydrogen-bond acceptors (Lipinski definition) is 4. The van der Waals surface area contributed by atoms with E-state index in [-0.39, 0.29) is 36.7 Å². The molecule has 0 bridgehead atoms. The number of carbonyl (C=O) groups excluding carboxylic acids is 3. The van der Waals surface area contributed by atoms with Crippen molar-refractivity contribution < 1.29 is 23.5 Å². The summed E-state index contributed by atoms with van der Waals surface area (Å²) in [5.74, 6) is -2.06. The average Bonchev–Trinajstić information content (AvgIpc) is 2.57. The molecule has 0 saturated carbocycles. The zero-order valence-corrected chi connectivity index (χ0v) is 14.5. The summed E-state index contributed by atoms with van der Waals surface area (Å²) in [6.07, 6.45) is 2.96. The highest BCUT2D eigenvalue weighted by molar-refractivity contribution is 5.96. The van der Waals surface area contributed by atoms with Crippen LogP contribution in [0.15, 0.2) is 24.3 Å². The number of esters is 1. The Morgan fingerprint density at radius 3 is 2.56 bits per heavy atom. The zero-order chi connectivity index (χ0) is 18.4. The Hall–Kier alpha value is -2.44. The molecule has 7 heteroatoms. The van der Waals surface area contributed by atoms with Crippen LogP contribution in [0.2, 0.25) is 0 Å². The molecule has 1 aromatic carbocycles. The molecular formula is C18H23FN2O4. The molecule has 136 valence electrons. The van der Waals surface area contributed by atoms with E-state index in [0.29, 0.717) is 0 Å². The second-order valence-corrected chi connectivity index (χ2v) is 6.28. The molecule has 1 aliphatic heterocycles. The van der Waals surface area contributed by atoms with Gasteiger partial charge in [0.2, 0.25) is 0 Å². The molecule has 1 aromatic rings. The smallest absolute Gasteiger partial charge is 0.325 e. The van der Waals surface area contributed by atoms with Crippen LogP contribution in [-0.2, 0) is 14.3 Å². The summed E-state index contributed by atoms with van der Waals surface area (Å²) < 4.78 is 18.0. The van der Waals surface area contributed by atoms with Crippen molar-refractivity contribution in [2.75, 3.05) is 13.2 Å². The zero-order valence-electron chi connectivity index (χ0n) is 14.5. The van der Waals surface area contributed by atoms with Gasteiger partial charge in [-0.25, -0.2) is 4.39 Å². The molecule has 6 nitrogen and oxygen atoms in total. The number of rotatable bonds is 5. The quantitative estimate of drug-likeness (QED) is 0.823. The molecular weight excluding hydrogens is 327 g/mol. The minimum atomic E-state index is -0.713. The fourth-order valence-corrected chi connectivity index (χ4v) is 3.06. The molecule has 1 N–H and O–H groups in total. The molecule has 0 spiro atoms. The number of carbonyl (C=O) groups is 3. The Bertz CT molecular complexity index is 640. The molecule has 25 heavy (non-hydrogen) atoms. The number of nitrogens with zero attached hydrogens (tertiary/aromatic N) is 1. The van der Waals surface area contributed by atoms with E-state index < -0.39 is 17.7 Å². The van der Waals surface area contributed by atoms with Gasteiger partial charge < -0.3 is 15.0 Å². The molecule has 0 aliphatic carbocycles. The number of hydrogen-bond donors (Lipinski definition) is 1. The number of nitrogens with one attached hydrogen (secondary N) is 1. The van der Waals surface area contributed by atoms with Crippen LogP contribution in [0.3, 0.4) is 0 Å². The lowest BCUT2D eigenvalue weighted by Gasteiger charge is -2.38. The van der Waals surface area contributed by atoms with Crippen molar-refractivity contribution in [1.82, 2.24) is 10.2 Å². The van der Waals surface area contributed by atoms with Crippen molar-refractivity contribution >= 4 is 17.8 Å². The minimum absolute atomic E-state index is 0.111. The Kier molecular flexibility index (Phi) is 6.50. The number of benzene rings is 1. The summed E-state index contributed by atoms with van der Waals surface area (Å²) >= 11 is 0. The second-order valence-electron chi connectivity index (χ2n) is 6.28. The predicted molar refractivity (Wildman–Crippen MR) is 89.3 cm³/mol. The van der Waals surface area contributed by atoms with Crippen LogP contribution < -0.4 is 5.32 Å². The molecule has 0 aromatic heterocycles. The minimum Gasteiger partial charge on any atom is -0.454 e. The molecule has 2 rings (SSSR count). The number of halogens is 1. The van der Waals surface area contributed by atoms with Gasteiger partial charge in [-0.3, -0.25) is 14.4 Å². The fourth-order valence-electron chi connectivity index (χ4n) is 3.06. The van der Waals surface area contributed by atoms with Crippen LogP contribution in [0.5, 0.6) is 0 Å². The molecule has 1 heterocycles. The number of amides is 2. The van der Waals surface area contributed by atoms with Crippen LogP contribution in [0, 0.1) is 5.82 Å². The lowest BCUT2D eigenvalue weighted by Crippen LogP contribution is -2.49. The topological polar surface area (TPSA) is 75.7 Å². The van der Waals surface area contributed by atoms with Crippen LogP contribution in [0.1, 0.15) is 43.5 Å². The first-order valence-corrected chi connectivity index (χ1v) is 8.39. The monoisotopic (exact) mass is 350 g/mol. The second kappa shape index (κ2) is 8.60. The summed E-state index contributed by atoms with van der Waals surface area (Å²) in [6, 6.07) is 5.39. The SMILES string of the molecule is C[C@@H]1CCC[C@H](C)N1C(=O)COC(=O)CNC(=O)c1cccc(F)c1. The van der Waals surface area contributed by atoms with E-state index in [1.807, 2.05) is 13.8 Å². The predicted octanol–water partition coefficient (Wildman–Crippen LogP) is 1.89. The Labute approximate surface area is 146 Å². The van der Waals surface area contributed by atoms with Crippen molar-refractivity contribution in [2.45, 2.75) is 45.2 Å². The molecule has 1 saturated heterocycles. The molecule has 2 amide bonds. The maximum atomic E-state index is 13.1. The van der Waals surface area contributed by atoms with Gasteiger partial charge in [0, 0.05) is 17.6 Å². The van der Waals surface area contributed by atoms with Crippen LogP contribution in [0.4, 0.5) is 4.39 Å². The van der Waals surface area contributed by atoms with E-state index in [2.05, 4.69) is 5.32 Å². The molecule has 2 atom stereocenters. The number of piperidine rings is 1. The van der Waals surface area contributed by atoms with Crippen molar-refractivity contribution in [3.05, 3.63) is 35.6 Å². The van der Waals surface area contributed by atoms with Crippen LogP contribution in [-0.4, -0.2) is 47.9 Å². The normalized spacial score (nSPS) is 20.0. The van der Waals surface area contributed by atoms with Gasteiger partial charge in [-0.05, 0) is 51.3 Å². The largest absolute Gasteiger partial charge is 0.454 e. The highest BCUT2D eigenvalue weighted by Crippen LogP contribution is 2.22. The maximum absolute atomic E-state index is 13.1. The van der Waals surface area contributed by atoms with E-state index in [4.69, 9.17) is 4.74 Å². The van der Waals surface area contributed by atoms with Gasteiger partial charge >= 0.3 is 5.97 Å². The third kappa shape index (κ3) is 5.27. The Morgan fingerprint density at radius 2 is 1.92 bits per heavy atom. The molecule has 1 fully saturated rings. The van der Waals surface area contributed by atoms with Gasteiger partial charge in [0.15, 0.2) is 6.61 Å². The first kappa shape index (κ1) is 18.9. The molecule has 1 aliphatic rings. The average molecular weight is 350 g/mol. The molecule has 0 radical (unpaired) electrons. The van der Waals surface area contributed by atoms with Crippen molar-refractivity contribution in [3.63, 3.8) is 0 Å². The van der Waals surface area contributed by atoms with Gasteiger partial charge in [0.05, 0.1) is 0 Å². The lowest BCUT2D eigenvalue weighted by atomic mass is 9.97. The fraction of sp³-hybridized carbons (Fsp3) is 0.500.